The summed E-state index contributed by atoms with van der Waals surface area (Å²) in [7, 11) is 0. The van der Waals surface area contributed by atoms with Crippen molar-refractivity contribution in [3.63, 3.8) is 0 Å². The smallest absolute Gasteiger partial charge is 0.255 e. The first-order valence-electron chi connectivity index (χ1n) is 9.88. The maximum atomic E-state index is 12.9. The Kier molecular flexibility index (Phi) is 6.76. The van der Waals surface area contributed by atoms with Gasteiger partial charge >= 0.3 is 0 Å². The molecule has 1 aromatic carbocycles. The largest absolute Gasteiger partial charge is 0.350 e. The third-order valence-electron chi connectivity index (χ3n) is 5.15. The summed E-state index contributed by atoms with van der Waals surface area (Å²) in [6.07, 6.45) is 3.90. The number of rotatable bonds is 6. The molecule has 2 amide bonds. The highest BCUT2D eigenvalue weighted by Gasteiger charge is 2.23. The lowest BCUT2D eigenvalue weighted by Crippen LogP contribution is -2.48. The Morgan fingerprint density at radius 1 is 1.07 bits per heavy atom. The summed E-state index contributed by atoms with van der Waals surface area (Å²) in [4.78, 5) is 33.5. The predicted molar refractivity (Wildman–Crippen MR) is 109 cm³/mol. The van der Waals surface area contributed by atoms with Crippen molar-refractivity contribution < 1.29 is 9.59 Å². The number of nitrogens with one attached hydrogen (secondary N) is 1. The topological polar surface area (TPSA) is 65.5 Å². The Hall–Kier alpha value is -2.73. The molecule has 0 saturated carbocycles. The summed E-state index contributed by atoms with van der Waals surface area (Å²) in [6, 6.07) is 12.1. The molecule has 1 fully saturated rings. The lowest BCUT2D eigenvalue weighted by Gasteiger charge is -2.34. The Bertz CT molecular complexity index is 801. The van der Waals surface area contributed by atoms with Crippen LogP contribution in [0.4, 0.5) is 0 Å². The fourth-order valence-electron chi connectivity index (χ4n) is 3.22. The molecule has 0 spiro atoms. The van der Waals surface area contributed by atoms with Gasteiger partial charge in [0.1, 0.15) is 0 Å². The van der Waals surface area contributed by atoms with Crippen LogP contribution >= 0.6 is 0 Å². The van der Waals surface area contributed by atoms with Crippen molar-refractivity contribution in [3.8, 4) is 0 Å². The molecule has 1 aliphatic heterocycles. The van der Waals surface area contributed by atoms with Gasteiger partial charge in [0.15, 0.2) is 0 Å². The molecule has 2 aromatic rings. The van der Waals surface area contributed by atoms with Crippen molar-refractivity contribution in [1.29, 1.82) is 0 Å². The summed E-state index contributed by atoms with van der Waals surface area (Å²) in [5.41, 5.74) is 2.17. The number of amides is 2. The van der Waals surface area contributed by atoms with Gasteiger partial charge in [-0.3, -0.25) is 19.5 Å². The van der Waals surface area contributed by atoms with E-state index in [1.54, 1.807) is 12.3 Å². The van der Waals surface area contributed by atoms with Crippen LogP contribution in [0.3, 0.4) is 0 Å². The van der Waals surface area contributed by atoms with Crippen molar-refractivity contribution in [2.24, 2.45) is 0 Å². The molecular weight excluding hydrogens is 352 g/mol. The van der Waals surface area contributed by atoms with Gasteiger partial charge < -0.3 is 10.2 Å². The van der Waals surface area contributed by atoms with Gasteiger partial charge in [0.25, 0.3) is 11.8 Å². The second kappa shape index (κ2) is 9.46. The van der Waals surface area contributed by atoms with E-state index in [1.165, 1.54) is 11.8 Å². The number of nitrogens with zero attached hydrogens (tertiary/aromatic N) is 3. The van der Waals surface area contributed by atoms with Gasteiger partial charge in [-0.1, -0.05) is 37.3 Å². The molecule has 0 aliphatic carbocycles. The predicted octanol–water partition coefficient (Wildman–Crippen LogP) is 2.57. The molecule has 1 aliphatic rings. The number of carbonyl (C=O) groups excluding carboxylic acids is 2. The third kappa shape index (κ3) is 5.16. The fraction of sp³-hybridized carbons (Fsp3) is 0.409. The van der Waals surface area contributed by atoms with Crippen LogP contribution in [-0.4, -0.2) is 58.8 Å². The molecule has 6 heteroatoms. The van der Waals surface area contributed by atoms with Crippen LogP contribution in [0.1, 0.15) is 46.5 Å². The van der Waals surface area contributed by atoms with Crippen LogP contribution < -0.4 is 5.32 Å². The number of carbonyl (C=O) groups is 2. The first kappa shape index (κ1) is 20.0. The summed E-state index contributed by atoms with van der Waals surface area (Å²) in [6.45, 7) is 7.89. The first-order valence-corrected chi connectivity index (χ1v) is 9.88. The van der Waals surface area contributed by atoms with E-state index in [-0.39, 0.29) is 17.9 Å². The maximum absolute atomic E-state index is 12.9. The quantitative estimate of drug-likeness (QED) is 0.837. The van der Waals surface area contributed by atoms with Crippen molar-refractivity contribution >= 4 is 11.8 Å². The summed E-state index contributed by atoms with van der Waals surface area (Å²) in [5.74, 6) is -0.255. The Morgan fingerprint density at radius 2 is 1.75 bits per heavy atom. The molecule has 1 atom stereocenters. The highest BCUT2D eigenvalue weighted by Crippen LogP contribution is 2.12. The molecule has 1 unspecified atom stereocenters. The minimum absolute atomic E-state index is 0.0648. The van der Waals surface area contributed by atoms with E-state index in [9.17, 15) is 9.59 Å². The molecule has 28 heavy (non-hydrogen) atoms. The Morgan fingerprint density at radius 3 is 2.43 bits per heavy atom. The van der Waals surface area contributed by atoms with E-state index in [0.717, 1.165) is 26.1 Å². The first-order chi connectivity index (χ1) is 13.6. The van der Waals surface area contributed by atoms with E-state index >= 15 is 0 Å². The normalized spacial score (nSPS) is 15.9. The maximum Gasteiger partial charge on any atom is 0.255 e. The van der Waals surface area contributed by atoms with Gasteiger partial charge in [0.2, 0.25) is 0 Å². The number of hydrogen-bond acceptors (Lipinski definition) is 4. The minimum atomic E-state index is -0.191. The van der Waals surface area contributed by atoms with E-state index in [1.807, 2.05) is 36.9 Å². The molecule has 6 nitrogen and oxygen atoms in total. The average Bonchev–Trinajstić information content (AvgIpc) is 2.74. The summed E-state index contributed by atoms with van der Waals surface area (Å²) < 4.78 is 0. The van der Waals surface area contributed by atoms with Crippen LogP contribution in [0.15, 0.2) is 48.8 Å². The van der Waals surface area contributed by atoms with Crippen molar-refractivity contribution in [2.45, 2.75) is 32.9 Å². The molecule has 148 valence electrons. The molecule has 1 aromatic heterocycles. The van der Waals surface area contributed by atoms with Crippen LogP contribution in [0.25, 0.3) is 0 Å². The van der Waals surface area contributed by atoms with E-state index < -0.39 is 0 Å². The highest BCUT2D eigenvalue weighted by atomic mass is 16.2. The van der Waals surface area contributed by atoms with Gasteiger partial charge in [-0.15, -0.1) is 0 Å². The molecule has 1 saturated heterocycles. The summed E-state index contributed by atoms with van der Waals surface area (Å²) in [5, 5.41) is 2.91. The standard InChI is InChI=1S/C22H28N4O2/c1-3-17(2)24-21(27)19-13-20(15-23-14-19)22(28)26-11-9-25(10-12-26)16-18-7-5-4-6-8-18/h4-8,13-15,17H,3,9-12,16H2,1-2H3,(H,24,27). The lowest BCUT2D eigenvalue weighted by molar-refractivity contribution is 0.0628. The van der Waals surface area contributed by atoms with E-state index in [4.69, 9.17) is 0 Å². The van der Waals surface area contributed by atoms with Crippen LogP contribution in [0, 0.1) is 0 Å². The van der Waals surface area contributed by atoms with E-state index in [0.29, 0.717) is 24.2 Å². The zero-order chi connectivity index (χ0) is 19.9. The Balaban J connectivity index is 1.57. The van der Waals surface area contributed by atoms with Gasteiger partial charge in [-0.25, -0.2) is 0 Å². The highest BCUT2D eigenvalue weighted by molar-refractivity contribution is 5.99. The minimum Gasteiger partial charge on any atom is -0.350 e. The zero-order valence-electron chi connectivity index (χ0n) is 16.6. The fourth-order valence-corrected chi connectivity index (χ4v) is 3.22. The molecule has 3 rings (SSSR count). The number of hydrogen-bond donors (Lipinski definition) is 1. The zero-order valence-corrected chi connectivity index (χ0v) is 16.6. The monoisotopic (exact) mass is 380 g/mol. The second-order valence-electron chi connectivity index (χ2n) is 7.30. The van der Waals surface area contributed by atoms with Crippen molar-refractivity contribution in [1.82, 2.24) is 20.1 Å². The van der Waals surface area contributed by atoms with E-state index in [2.05, 4.69) is 27.3 Å². The molecule has 0 bridgehead atoms. The van der Waals surface area contributed by atoms with Crippen LogP contribution in [0.5, 0.6) is 0 Å². The molecule has 1 N–H and O–H groups in total. The second-order valence-corrected chi connectivity index (χ2v) is 7.30. The average molecular weight is 380 g/mol. The molecule has 2 heterocycles. The lowest BCUT2D eigenvalue weighted by atomic mass is 10.1. The van der Waals surface area contributed by atoms with Gasteiger partial charge in [-0.05, 0) is 25.0 Å². The van der Waals surface area contributed by atoms with Crippen molar-refractivity contribution in [3.05, 3.63) is 65.5 Å². The number of piperazine rings is 1. The Labute approximate surface area is 166 Å². The van der Waals surface area contributed by atoms with Gasteiger partial charge in [0, 0.05) is 51.2 Å². The molecular formula is C22H28N4O2. The van der Waals surface area contributed by atoms with Gasteiger partial charge in [0.05, 0.1) is 11.1 Å². The number of pyridine rings is 1. The van der Waals surface area contributed by atoms with Crippen LogP contribution in [0.2, 0.25) is 0 Å². The number of benzene rings is 1. The van der Waals surface area contributed by atoms with Gasteiger partial charge in [-0.2, -0.15) is 0 Å². The van der Waals surface area contributed by atoms with Crippen molar-refractivity contribution in [2.75, 3.05) is 26.2 Å². The SMILES string of the molecule is CCC(C)NC(=O)c1cncc(C(=O)N2CCN(Cc3ccccc3)CC2)c1. The summed E-state index contributed by atoms with van der Waals surface area (Å²) >= 11 is 0. The molecule has 0 radical (unpaired) electrons. The third-order valence-corrected chi connectivity index (χ3v) is 5.15. The van der Waals surface area contributed by atoms with Crippen LogP contribution in [-0.2, 0) is 6.54 Å². The number of aromatic nitrogens is 1.